The first-order valence-corrected chi connectivity index (χ1v) is 12.3. The lowest BCUT2D eigenvalue weighted by molar-refractivity contribution is -0.153. The summed E-state index contributed by atoms with van der Waals surface area (Å²) in [6.45, 7) is -0.0798. The SMILES string of the molecule is Cc1c(-c2ccc(OC(N)=O)cc2)n(-c2c(F)cc(OCc3ccccc3)cc2F)c2c(OCC(F)(F)F)ncnc12. The summed E-state index contributed by atoms with van der Waals surface area (Å²) in [4.78, 5) is 19.1. The number of nitrogens with two attached hydrogens (primary N) is 1. The Balaban J connectivity index is 1.68. The van der Waals surface area contributed by atoms with Crippen LogP contribution in [0.4, 0.5) is 26.7 Å². The van der Waals surface area contributed by atoms with Crippen LogP contribution >= 0.6 is 0 Å². The van der Waals surface area contributed by atoms with E-state index in [-0.39, 0.29) is 34.8 Å². The number of benzene rings is 3. The molecule has 0 aliphatic rings. The molecule has 216 valence electrons. The topological polar surface area (TPSA) is 101 Å². The molecule has 2 aromatic heterocycles. The van der Waals surface area contributed by atoms with Gasteiger partial charge in [-0.2, -0.15) is 18.2 Å². The molecule has 0 aliphatic carbocycles. The average molecular weight is 585 g/mol. The molecule has 0 radical (unpaired) electrons. The molecular formula is C29H21F5N4O4. The monoisotopic (exact) mass is 584 g/mol. The number of alkyl halides is 3. The van der Waals surface area contributed by atoms with Crippen molar-refractivity contribution in [2.24, 2.45) is 5.73 Å². The number of carbonyl (C=O) groups is 1. The highest BCUT2D eigenvalue weighted by Gasteiger charge is 2.31. The number of fused-ring (bicyclic) bond motifs is 1. The van der Waals surface area contributed by atoms with E-state index < -0.39 is 42.1 Å². The Morgan fingerprint density at radius 2 is 1.60 bits per heavy atom. The van der Waals surface area contributed by atoms with E-state index in [9.17, 15) is 18.0 Å². The second-order valence-corrected chi connectivity index (χ2v) is 9.04. The van der Waals surface area contributed by atoms with Crippen molar-refractivity contribution >= 4 is 17.1 Å². The fourth-order valence-electron chi connectivity index (χ4n) is 4.43. The van der Waals surface area contributed by atoms with Gasteiger partial charge in [0.05, 0.1) is 11.2 Å². The van der Waals surface area contributed by atoms with Gasteiger partial charge >= 0.3 is 12.3 Å². The lowest BCUT2D eigenvalue weighted by Gasteiger charge is -2.17. The third-order valence-corrected chi connectivity index (χ3v) is 6.13. The van der Waals surface area contributed by atoms with Gasteiger partial charge in [-0.3, -0.25) is 4.57 Å². The maximum atomic E-state index is 15.8. The van der Waals surface area contributed by atoms with Crippen LogP contribution in [-0.2, 0) is 6.61 Å². The molecule has 0 bridgehead atoms. The number of primary amides is 1. The minimum absolute atomic E-state index is 0.0405. The molecule has 0 unspecified atom stereocenters. The Kier molecular flexibility index (Phi) is 7.66. The Hall–Kier alpha value is -5.20. The highest BCUT2D eigenvalue weighted by atomic mass is 19.4. The predicted octanol–water partition coefficient (Wildman–Crippen LogP) is 6.65. The van der Waals surface area contributed by atoms with E-state index in [1.807, 2.05) is 6.07 Å². The highest BCUT2D eigenvalue weighted by Crippen LogP contribution is 2.41. The molecule has 2 heterocycles. The van der Waals surface area contributed by atoms with E-state index in [1.54, 1.807) is 31.2 Å². The van der Waals surface area contributed by atoms with Crippen molar-refractivity contribution < 1.29 is 41.0 Å². The summed E-state index contributed by atoms with van der Waals surface area (Å²) >= 11 is 0. The Morgan fingerprint density at radius 1 is 0.929 bits per heavy atom. The van der Waals surface area contributed by atoms with Crippen molar-refractivity contribution in [3.63, 3.8) is 0 Å². The van der Waals surface area contributed by atoms with Crippen LogP contribution in [0.2, 0.25) is 0 Å². The molecule has 0 saturated carbocycles. The summed E-state index contributed by atoms with van der Waals surface area (Å²) in [6.07, 6.45) is -4.77. The van der Waals surface area contributed by atoms with Crippen LogP contribution in [0.3, 0.4) is 0 Å². The van der Waals surface area contributed by atoms with Crippen LogP contribution in [-0.4, -0.2) is 33.4 Å². The van der Waals surface area contributed by atoms with Crippen LogP contribution in [0.25, 0.3) is 28.0 Å². The summed E-state index contributed by atoms with van der Waals surface area (Å²) < 4.78 is 87.2. The minimum Gasteiger partial charge on any atom is -0.489 e. The molecule has 5 aromatic rings. The number of halogens is 5. The van der Waals surface area contributed by atoms with Gasteiger partial charge in [0.2, 0.25) is 5.88 Å². The van der Waals surface area contributed by atoms with Gasteiger partial charge in [0.15, 0.2) is 18.2 Å². The molecule has 0 spiro atoms. The quantitative estimate of drug-likeness (QED) is 0.205. The number of nitrogens with zero attached hydrogens (tertiary/aromatic N) is 3. The maximum Gasteiger partial charge on any atom is 0.422 e. The number of carbonyl (C=O) groups excluding carboxylic acids is 1. The molecule has 42 heavy (non-hydrogen) atoms. The molecule has 5 rings (SSSR count). The molecule has 3 aromatic carbocycles. The van der Waals surface area contributed by atoms with Gasteiger partial charge in [-0.1, -0.05) is 30.3 Å². The van der Waals surface area contributed by atoms with Crippen molar-refractivity contribution in [1.82, 2.24) is 14.5 Å². The third kappa shape index (κ3) is 5.94. The lowest BCUT2D eigenvalue weighted by Crippen LogP contribution is -2.20. The van der Waals surface area contributed by atoms with Gasteiger partial charge in [0, 0.05) is 17.7 Å². The zero-order valence-corrected chi connectivity index (χ0v) is 21.8. The normalized spacial score (nSPS) is 11.5. The fraction of sp³-hybridized carbons (Fsp3) is 0.138. The van der Waals surface area contributed by atoms with Gasteiger partial charge in [0.1, 0.15) is 35.6 Å². The van der Waals surface area contributed by atoms with Crippen LogP contribution in [0.5, 0.6) is 17.4 Å². The number of hydrogen-bond acceptors (Lipinski definition) is 6. The van der Waals surface area contributed by atoms with Gasteiger partial charge in [0.25, 0.3) is 0 Å². The van der Waals surface area contributed by atoms with Crippen molar-refractivity contribution in [1.29, 1.82) is 0 Å². The van der Waals surface area contributed by atoms with Crippen LogP contribution in [0.15, 0.2) is 73.1 Å². The second kappa shape index (κ2) is 11.4. The Labute approximate surface area is 235 Å². The van der Waals surface area contributed by atoms with E-state index in [2.05, 4.69) is 9.97 Å². The minimum atomic E-state index is -4.71. The molecule has 1 amide bonds. The molecule has 13 heteroatoms. The number of amides is 1. The molecule has 2 N–H and O–H groups in total. The predicted molar refractivity (Wildman–Crippen MR) is 141 cm³/mol. The van der Waals surface area contributed by atoms with E-state index >= 15 is 8.78 Å². The number of hydrogen-bond donors (Lipinski definition) is 1. The Morgan fingerprint density at radius 3 is 2.21 bits per heavy atom. The summed E-state index contributed by atoms with van der Waals surface area (Å²) in [5.41, 5.74) is 5.98. The summed E-state index contributed by atoms with van der Waals surface area (Å²) in [5.74, 6) is -2.70. The van der Waals surface area contributed by atoms with Crippen LogP contribution in [0.1, 0.15) is 11.1 Å². The smallest absolute Gasteiger partial charge is 0.422 e. The number of rotatable bonds is 8. The number of aryl methyl sites for hydroxylation is 1. The largest absolute Gasteiger partial charge is 0.489 e. The van der Waals surface area contributed by atoms with Gasteiger partial charge < -0.3 is 19.9 Å². The number of ether oxygens (including phenoxy) is 3. The standard InChI is InChI=1S/C29H21F5N4O4/c1-16-23-26(27(37-15-36-23)41-14-29(32,33)34)38(24(16)18-7-9-19(10-8-18)42-28(35)39)25-21(30)11-20(12-22(25)31)40-13-17-5-3-2-4-6-17/h2-12,15H,13-14H2,1H3,(H2,35,39). The third-order valence-electron chi connectivity index (χ3n) is 6.13. The van der Waals surface area contributed by atoms with Gasteiger partial charge in [-0.15, -0.1) is 0 Å². The molecule has 0 saturated heterocycles. The molecule has 0 aliphatic heterocycles. The van der Waals surface area contributed by atoms with E-state index in [0.29, 0.717) is 11.1 Å². The van der Waals surface area contributed by atoms with E-state index in [4.69, 9.17) is 19.9 Å². The van der Waals surface area contributed by atoms with Crippen molar-refractivity contribution in [2.75, 3.05) is 6.61 Å². The molecule has 8 nitrogen and oxygen atoms in total. The Bertz CT molecular complexity index is 1730. The molecule has 0 atom stereocenters. The first-order chi connectivity index (χ1) is 20.0. The summed E-state index contributed by atoms with van der Waals surface area (Å²) in [5, 5.41) is 0. The van der Waals surface area contributed by atoms with Gasteiger partial charge in [-0.05, 0) is 42.3 Å². The fourth-order valence-corrected chi connectivity index (χ4v) is 4.43. The van der Waals surface area contributed by atoms with E-state index in [0.717, 1.165) is 28.6 Å². The van der Waals surface area contributed by atoms with Crippen molar-refractivity contribution in [3.8, 4) is 34.3 Å². The zero-order chi connectivity index (χ0) is 30.0. The lowest BCUT2D eigenvalue weighted by atomic mass is 10.1. The highest BCUT2D eigenvalue weighted by molar-refractivity contribution is 5.93. The first-order valence-electron chi connectivity index (χ1n) is 12.3. The van der Waals surface area contributed by atoms with Crippen LogP contribution in [0, 0.1) is 18.6 Å². The molecular weight excluding hydrogens is 563 g/mol. The summed E-state index contributed by atoms with van der Waals surface area (Å²) in [6, 6.07) is 16.6. The van der Waals surface area contributed by atoms with E-state index in [1.165, 1.54) is 24.3 Å². The average Bonchev–Trinajstić information content (AvgIpc) is 3.23. The molecule has 0 fully saturated rings. The van der Waals surface area contributed by atoms with Crippen LogP contribution < -0.4 is 19.9 Å². The zero-order valence-electron chi connectivity index (χ0n) is 21.8. The summed E-state index contributed by atoms with van der Waals surface area (Å²) in [7, 11) is 0. The first kappa shape index (κ1) is 28.3. The second-order valence-electron chi connectivity index (χ2n) is 9.04. The number of aromatic nitrogens is 3. The van der Waals surface area contributed by atoms with Crippen molar-refractivity contribution in [2.45, 2.75) is 19.7 Å². The maximum absolute atomic E-state index is 15.8. The van der Waals surface area contributed by atoms with Gasteiger partial charge in [-0.25, -0.2) is 18.6 Å². The van der Waals surface area contributed by atoms with Crippen molar-refractivity contribution in [3.05, 3.63) is 95.8 Å².